The minimum atomic E-state index is -0.979. The molecule has 0 radical (unpaired) electrons. The van der Waals surface area contributed by atoms with Crippen LogP contribution in [0.25, 0.3) is 6.08 Å². The molecule has 0 N–H and O–H groups in total. The summed E-state index contributed by atoms with van der Waals surface area (Å²) < 4.78 is 26.2. The molecule has 2 aromatic rings. The Balaban J connectivity index is 2.29. The number of nitrogens with zero attached hydrogens (tertiary/aromatic N) is 1. The van der Waals surface area contributed by atoms with E-state index in [0.717, 1.165) is 18.2 Å². The first-order chi connectivity index (χ1) is 9.99. The van der Waals surface area contributed by atoms with E-state index in [0.29, 0.717) is 6.07 Å². The van der Waals surface area contributed by atoms with E-state index in [-0.39, 0.29) is 16.8 Å². The largest absolute Gasteiger partial charge is 0.289 e. The molecule has 2 rings (SSSR count). The molecule has 0 saturated carbocycles. The summed E-state index contributed by atoms with van der Waals surface area (Å²) >= 11 is 0. The zero-order valence-corrected chi connectivity index (χ0v) is 10.6. The number of hydrogen-bond donors (Lipinski definition) is 0. The zero-order chi connectivity index (χ0) is 15.4. The van der Waals surface area contributed by atoms with Crippen LogP contribution in [0.1, 0.15) is 15.9 Å². The normalized spacial score (nSPS) is 10.8. The van der Waals surface area contributed by atoms with Gasteiger partial charge in [0.2, 0.25) is 0 Å². The van der Waals surface area contributed by atoms with E-state index in [1.807, 2.05) is 0 Å². The third-order valence-corrected chi connectivity index (χ3v) is 2.74. The van der Waals surface area contributed by atoms with Crippen molar-refractivity contribution in [3.8, 4) is 0 Å². The fourth-order valence-corrected chi connectivity index (χ4v) is 1.74. The van der Waals surface area contributed by atoms with Crippen LogP contribution in [0.15, 0.2) is 48.5 Å². The standard InChI is InChI=1S/C15H9F2NO3/c16-11-6-7-12(13(17)9-11)15(19)8-5-10-3-1-2-4-14(10)18(20)21/h1-9H/b8-5+. The Morgan fingerprint density at radius 2 is 1.86 bits per heavy atom. The minimum Gasteiger partial charge on any atom is -0.289 e. The van der Waals surface area contributed by atoms with E-state index in [4.69, 9.17) is 0 Å². The fraction of sp³-hybridized carbons (Fsp3) is 0. The van der Waals surface area contributed by atoms with E-state index in [1.165, 1.54) is 24.3 Å². The number of allylic oxidation sites excluding steroid dienone is 1. The SMILES string of the molecule is O=C(/C=C/c1ccccc1[N+](=O)[O-])c1ccc(F)cc1F. The predicted octanol–water partition coefficient (Wildman–Crippen LogP) is 3.77. The molecule has 0 unspecified atom stereocenters. The van der Waals surface area contributed by atoms with Gasteiger partial charge in [0.25, 0.3) is 5.69 Å². The Morgan fingerprint density at radius 3 is 2.52 bits per heavy atom. The molecule has 0 atom stereocenters. The molecule has 0 amide bonds. The van der Waals surface area contributed by atoms with Gasteiger partial charge >= 0.3 is 0 Å². The van der Waals surface area contributed by atoms with Gasteiger partial charge in [0.1, 0.15) is 11.6 Å². The van der Waals surface area contributed by atoms with Crippen LogP contribution in [0.2, 0.25) is 0 Å². The molecule has 2 aromatic carbocycles. The van der Waals surface area contributed by atoms with Crippen LogP contribution < -0.4 is 0 Å². The van der Waals surface area contributed by atoms with Crippen LogP contribution in [0.4, 0.5) is 14.5 Å². The highest BCUT2D eigenvalue weighted by Gasteiger charge is 2.12. The summed E-state index contributed by atoms with van der Waals surface area (Å²) in [6.07, 6.45) is 2.24. The molecule has 6 heteroatoms. The second kappa shape index (κ2) is 6.04. The van der Waals surface area contributed by atoms with Crippen molar-refractivity contribution >= 4 is 17.5 Å². The van der Waals surface area contributed by atoms with Crippen LogP contribution in [0.5, 0.6) is 0 Å². The lowest BCUT2D eigenvalue weighted by molar-refractivity contribution is -0.385. The van der Waals surface area contributed by atoms with Crippen molar-refractivity contribution in [2.24, 2.45) is 0 Å². The Kier molecular flexibility index (Phi) is 4.18. The van der Waals surface area contributed by atoms with Crippen LogP contribution in [-0.4, -0.2) is 10.7 Å². The van der Waals surface area contributed by atoms with Crippen molar-refractivity contribution in [1.82, 2.24) is 0 Å². The number of halogens is 2. The molecule has 0 aliphatic rings. The Morgan fingerprint density at radius 1 is 1.14 bits per heavy atom. The summed E-state index contributed by atoms with van der Waals surface area (Å²) in [5, 5.41) is 10.8. The monoisotopic (exact) mass is 289 g/mol. The van der Waals surface area contributed by atoms with E-state index < -0.39 is 22.3 Å². The number of carbonyl (C=O) groups excluding carboxylic acids is 1. The molecule has 106 valence electrons. The first kappa shape index (κ1) is 14.5. The van der Waals surface area contributed by atoms with Gasteiger partial charge in [-0.25, -0.2) is 8.78 Å². The van der Waals surface area contributed by atoms with Crippen molar-refractivity contribution in [2.45, 2.75) is 0 Å². The number of para-hydroxylation sites is 1. The first-order valence-corrected chi connectivity index (χ1v) is 5.90. The maximum atomic E-state index is 13.4. The highest BCUT2D eigenvalue weighted by atomic mass is 19.1. The van der Waals surface area contributed by atoms with Crippen LogP contribution in [-0.2, 0) is 0 Å². The Labute approximate surface area is 118 Å². The predicted molar refractivity (Wildman–Crippen MR) is 72.8 cm³/mol. The van der Waals surface area contributed by atoms with Crippen molar-refractivity contribution in [3.63, 3.8) is 0 Å². The smallest absolute Gasteiger partial charge is 0.276 e. The van der Waals surface area contributed by atoms with Gasteiger partial charge in [-0.3, -0.25) is 14.9 Å². The molecule has 0 fully saturated rings. The van der Waals surface area contributed by atoms with Crippen molar-refractivity contribution in [3.05, 3.63) is 81.4 Å². The number of ketones is 1. The molecular weight excluding hydrogens is 280 g/mol. The van der Waals surface area contributed by atoms with Crippen molar-refractivity contribution in [1.29, 1.82) is 0 Å². The zero-order valence-electron chi connectivity index (χ0n) is 10.6. The van der Waals surface area contributed by atoms with Gasteiger partial charge < -0.3 is 0 Å². The van der Waals surface area contributed by atoms with Gasteiger partial charge in [-0.1, -0.05) is 12.1 Å². The Hall–Kier alpha value is -2.89. The summed E-state index contributed by atoms with van der Waals surface area (Å²) in [6.45, 7) is 0. The van der Waals surface area contributed by atoms with E-state index in [1.54, 1.807) is 6.07 Å². The number of rotatable bonds is 4. The number of hydrogen-bond acceptors (Lipinski definition) is 3. The van der Waals surface area contributed by atoms with Crippen LogP contribution >= 0.6 is 0 Å². The number of carbonyl (C=O) groups is 1. The average molecular weight is 289 g/mol. The highest BCUT2D eigenvalue weighted by Crippen LogP contribution is 2.19. The van der Waals surface area contributed by atoms with Gasteiger partial charge in [0, 0.05) is 12.1 Å². The molecule has 0 aromatic heterocycles. The van der Waals surface area contributed by atoms with Crippen LogP contribution in [0.3, 0.4) is 0 Å². The maximum absolute atomic E-state index is 13.4. The summed E-state index contributed by atoms with van der Waals surface area (Å²) in [4.78, 5) is 22.0. The Bertz CT molecular complexity index is 741. The third-order valence-electron chi connectivity index (χ3n) is 2.74. The van der Waals surface area contributed by atoms with Gasteiger partial charge in [0.15, 0.2) is 5.78 Å². The molecule has 0 aliphatic carbocycles. The second-order valence-electron chi connectivity index (χ2n) is 4.14. The van der Waals surface area contributed by atoms with Crippen molar-refractivity contribution in [2.75, 3.05) is 0 Å². The minimum absolute atomic E-state index is 0.166. The van der Waals surface area contributed by atoms with Gasteiger partial charge in [-0.05, 0) is 30.4 Å². The second-order valence-corrected chi connectivity index (χ2v) is 4.14. The maximum Gasteiger partial charge on any atom is 0.276 e. The van der Waals surface area contributed by atoms with E-state index in [2.05, 4.69) is 0 Å². The van der Waals surface area contributed by atoms with E-state index >= 15 is 0 Å². The number of nitro benzene ring substituents is 1. The molecule has 0 heterocycles. The number of benzene rings is 2. The third kappa shape index (κ3) is 3.36. The van der Waals surface area contributed by atoms with Gasteiger partial charge in [-0.2, -0.15) is 0 Å². The molecule has 0 aliphatic heterocycles. The van der Waals surface area contributed by atoms with Crippen molar-refractivity contribution < 1.29 is 18.5 Å². The van der Waals surface area contributed by atoms with Gasteiger partial charge in [-0.15, -0.1) is 0 Å². The quantitative estimate of drug-likeness (QED) is 0.372. The molecule has 0 spiro atoms. The summed E-state index contributed by atoms with van der Waals surface area (Å²) in [7, 11) is 0. The van der Waals surface area contributed by atoms with E-state index in [9.17, 15) is 23.7 Å². The van der Waals surface area contributed by atoms with Crippen LogP contribution in [0, 0.1) is 21.7 Å². The lowest BCUT2D eigenvalue weighted by Crippen LogP contribution is -1.99. The molecule has 0 saturated heterocycles. The molecule has 4 nitrogen and oxygen atoms in total. The molecular formula is C15H9F2NO3. The topological polar surface area (TPSA) is 60.2 Å². The molecule has 0 bridgehead atoms. The summed E-state index contributed by atoms with van der Waals surface area (Å²) in [5.74, 6) is -2.47. The summed E-state index contributed by atoms with van der Waals surface area (Å²) in [6, 6.07) is 8.43. The number of nitro groups is 1. The lowest BCUT2D eigenvalue weighted by Gasteiger charge is -1.99. The lowest BCUT2D eigenvalue weighted by atomic mass is 10.1. The van der Waals surface area contributed by atoms with Gasteiger partial charge in [0.05, 0.1) is 16.1 Å². The average Bonchev–Trinajstić information content (AvgIpc) is 2.45. The molecule has 21 heavy (non-hydrogen) atoms. The first-order valence-electron chi connectivity index (χ1n) is 5.90. The highest BCUT2D eigenvalue weighted by molar-refractivity contribution is 6.07. The fourth-order valence-electron chi connectivity index (χ4n) is 1.74. The summed E-state index contributed by atoms with van der Waals surface area (Å²) in [5.41, 5.74) is -0.245.